The summed E-state index contributed by atoms with van der Waals surface area (Å²) in [5.74, 6) is 2.10. The van der Waals surface area contributed by atoms with E-state index in [2.05, 4.69) is 114 Å². The fourth-order valence-electron chi connectivity index (χ4n) is 7.99. The molecule has 0 unspecified atom stereocenters. The number of hydrogen-bond acceptors (Lipinski definition) is 4. The Morgan fingerprint density at radius 2 is 1.33 bits per heavy atom. The van der Waals surface area contributed by atoms with Crippen LogP contribution in [0.5, 0.6) is 11.5 Å². The summed E-state index contributed by atoms with van der Waals surface area (Å²) < 4.78 is 6.97. The Balaban J connectivity index is 0.000000295. The molecule has 1 radical (unpaired) electrons. The first-order valence-electron chi connectivity index (χ1n) is 20.7. The van der Waals surface area contributed by atoms with Crippen molar-refractivity contribution in [2.75, 3.05) is 0 Å². The molecule has 2 heterocycles. The van der Waals surface area contributed by atoms with Gasteiger partial charge in [0.15, 0.2) is 5.78 Å². The molecule has 0 fully saturated rings. The first-order chi connectivity index (χ1) is 26.3. The third kappa shape index (κ3) is 8.86. The van der Waals surface area contributed by atoms with Crippen LogP contribution in [0.25, 0.3) is 54.3 Å². The Morgan fingerprint density at radius 1 is 0.719 bits per heavy atom. The fourth-order valence-corrected chi connectivity index (χ4v) is 7.99. The summed E-state index contributed by atoms with van der Waals surface area (Å²) in [5.41, 5.74) is 4.21. The molecule has 6 aromatic rings. The maximum Gasteiger partial charge on any atom is 0.164 e. The number of rotatable bonds is 9. The number of benzene rings is 5. The summed E-state index contributed by atoms with van der Waals surface area (Å²) in [7, 11) is 0. The van der Waals surface area contributed by atoms with Crippen molar-refractivity contribution in [2.45, 2.75) is 122 Å². The van der Waals surface area contributed by atoms with Crippen molar-refractivity contribution >= 4 is 48.9 Å². The molecule has 5 heteroatoms. The predicted molar refractivity (Wildman–Crippen MR) is 238 cm³/mol. The zero-order chi connectivity index (χ0) is 40.8. The van der Waals surface area contributed by atoms with E-state index in [1.54, 1.807) is 0 Å². The number of ketones is 1. The standard InChI is InChI=1S/C37H34NO.C15H28O2.Ir/c1-36(2,3)20-24-12-9-13-26-27-14-15-38-34-30-18-25-16-22-10-7-8-11-23(22)17-28(25)31(21-37(4,5)6)35(30)39-32(33(27)34)19-29(24)26;1-7-14(5,8-2)12(16)11-13(17)15(6,9-3)10-4;/h7-17,19H,20-21H2,1-6H3;11,16H,7-10H2,1-6H3;/q-1;;/b;12-11-;. The van der Waals surface area contributed by atoms with Crippen molar-refractivity contribution in [3.63, 3.8) is 0 Å². The fraction of sp³-hybridized carbons (Fsp3) is 0.423. The Kier molecular flexibility index (Phi) is 12.9. The molecule has 5 aromatic carbocycles. The third-order valence-corrected chi connectivity index (χ3v) is 12.4. The number of carbonyl (C=O) groups excluding carboxylic acids is 1. The topological polar surface area (TPSA) is 59.4 Å². The first kappa shape index (κ1) is 44.1. The number of hydrogen-bond donors (Lipinski definition) is 1. The molecule has 7 rings (SSSR count). The average molecular weight is 941 g/mol. The number of nitrogens with zero attached hydrogens (tertiary/aromatic N) is 1. The number of pyridine rings is 1. The van der Waals surface area contributed by atoms with Gasteiger partial charge in [0.05, 0.1) is 5.75 Å². The van der Waals surface area contributed by atoms with E-state index in [9.17, 15) is 9.90 Å². The first-order valence-corrected chi connectivity index (χ1v) is 20.7. The van der Waals surface area contributed by atoms with Gasteiger partial charge >= 0.3 is 0 Å². The van der Waals surface area contributed by atoms with Gasteiger partial charge in [0.25, 0.3) is 0 Å². The molecule has 0 saturated carbocycles. The smallest absolute Gasteiger partial charge is 0.164 e. The van der Waals surface area contributed by atoms with Crippen LogP contribution in [0.4, 0.5) is 0 Å². The molecular formula is C52H62IrNO3-. The Bertz CT molecular complexity index is 2470. The molecule has 0 spiro atoms. The summed E-state index contributed by atoms with van der Waals surface area (Å²) in [6, 6.07) is 28.0. The van der Waals surface area contributed by atoms with Crippen molar-refractivity contribution in [3.8, 4) is 22.8 Å². The van der Waals surface area contributed by atoms with Gasteiger partial charge < -0.3 is 9.84 Å². The molecule has 4 nitrogen and oxygen atoms in total. The minimum absolute atomic E-state index is 0. The normalized spacial score (nSPS) is 13.2. The van der Waals surface area contributed by atoms with Gasteiger partial charge in [-0.15, -0.1) is 17.5 Å². The molecule has 0 bridgehead atoms. The number of ether oxygens (including phenoxy) is 1. The molecule has 0 saturated heterocycles. The van der Waals surface area contributed by atoms with Gasteiger partial charge in [0, 0.05) is 54.3 Å². The SMILES string of the molecule is CC(C)(C)Cc1c2c([c-]c3cc4ccccc4cc13)-c1nccc3c1c(cc1c(CC(C)(C)C)cccc13)O2.CCC(C)(CC)C(=O)/C=C(\O)C(C)(CC)CC.[Ir]. The van der Waals surface area contributed by atoms with E-state index >= 15 is 0 Å². The van der Waals surface area contributed by atoms with Gasteiger partial charge in [-0.2, -0.15) is 0 Å². The van der Waals surface area contributed by atoms with Crippen molar-refractivity contribution < 1.29 is 34.7 Å². The van der Waals surface area contributed by atoms with Crippen LogP contribution in [0.2, 0.25) is 0 Å². The molecule has 1 aromatic heterocycles. The van der Waals surface area contributed by atoms with Crippen LogP contribution in [0.15, 0.2) is 84.8 Å². The van der Waals surface area contributed by atoms with Gasteiger partial charge in [0.2, 0.25) is 0 Å². The summed E-state index contributed by atoms with van der Waals surface area (Å²) in [5, 5.41) is 19.7. The van der Waals surface area contributed by atoms with Crippen molar-refractivity contribution in [1.29, 1.82) is 0 Å². The minimum atomic E-state index is -0.337. The second-order valence-corrected chi connectivity index (χ2v) is 19.0. The molecule has 1 aliphatic rings. The number of carbonyl (C=O) groups is 1. The summed E-state index contributed by atoms with van der Waals surface area (Å²) in [6.45, 7) is 25.9. The van der Waals surface area contributed by atoms with Crippen LogP contribution in [0.3, 0.4) is 0 Å². The second kappa shape index (κ2) is 16.7. The largest absolute Gasteiger partial charge is 0.512 e. The molecule has 0 atom stereocenters. The van der Waals surface area contributed by atoms with Crippen LogP contribution in [-0.4, -0.2) is 15.9 Å². The van der Waals surface area contributed by atoms with E-state index in [-0.39, 0.29) is 53.3 Å². The number of aliphatic hydroxyl groups excluding tert-OH is 1. The number of aliphatic hydroxyl groups is 1. The van der Waals surface area contributed by atoms with E-state index in [1.807, 2.05) is 47.7 Å². The van der Waals surface area contributed by atoms with Crippen molar-refractivity contribution in [1.82, 2.24) is 4.98 Å². The molecular weight excluding hydrogens is 879 g/mol. The average Bonchev–Trinajstić information content (AvgIpc) is 3.16. The summed E-state index contributed by atoms with van der Waals surface area (Å²) >= 11 is 0. The van der Waals surface area contributed by atoms with E-state index in [1.165, 1.54) is 49.5 Å². The Labute approximate surface area is 354 Å². The van der Waals surface area contributed by atoms with Gasteiger partial charge in [-0.3, -0.25) is 9.78 Å². The van der Waals surface area contributed by atoms with Gasteiger partial charge in [-0.05, 0) is 88.6 Å². The Hall–Kier alpha value is -4.05. The molecule has 1 aliphatic heterocycles. The van der Waals surface area contributed by atoms with Crippen LogP contribution in [-0.2, 0) is 37.7 Å². The van der Waals surface area contributed by atoms with Crippen LogP contribution in [0.1, 0.15) is 120 Å². The number of allylic oxidation sites excluding steroid dienone is 2. The van der Waals surface area contributed by atoms with E-state index in [0.717, 1.165) is 72.1 Å². The van der Waals surface area contributed by atoms with Crippen LogP contribution >= 0.6 is 0 Å². The quantitative estimate of drug-likeness (QED) is 0.0515. The third-order valence-electron chi connectivity index (χ3n) is 12.4. The zero-order valence-corrected chi connectivity index (χ0v) is 38.7. The summed E-state index contributed by atoms with van der Waals surface area (Å²) in [6.07, 6.45) is 8.61. The van der Waals surface area contributed by atoms with Crippen LogP contribution < -0.4 is 4.74 Å². The van der Waals surface area contributed by atoms with Crippen LogP contribution in [0, 0.1) is 27.7 Å². The maximum atomic E-state index is 12.2. The minimum Gasteiger partial charge on any atom is -0.512 e. The molecule has 57 heavy (non-hydrogen) atoms. The van der Waals surface area contributed by atoms with E-state index in [0.29, 0.717) is 0 Å². The zero-order valence-electron chi connectivity index (χ0n) is 36.3. The van der Waals surface area contributed by atoms with Gasteiger partial charge in [0.1, 0.15) is 11.5 Å². The summed E-state index contributed by atoms with van der Waals surface area (Å²) in [4.78, 5) is 17.1. The maximum absolute atomic E-state index is 12.2. The predicted octanol–water partition coefficient (Wildman–Crippen LogP) is 15.1. The van der Waals surface area contributed by atoms with E-state index in [4.69, 9.17) is 9.72 Å². The molecule has 303 valence electrons. The van der Waals surface area contributed by atoms with Gasteiger partial charge in [-0.1, -0.05) is 154 Å². The Morgan fingerprint density at radius 3 is 1.93 bits per heavy atom. The van der Waals surface area contributed by atoms with E-state index < -0.39 is 0 Å². The molecule has 0 amide bonds. The number of fused-ring (bicyclic) bond motifs is 6. The van der Waals surface area contributed by atoms with Crippen molar-refractivity contribution in [3.05, 3.63) is 102 Å². The second-order valence-electron chi connectivity index (χ2n) is 19.0. The molecule has 0 aliphatic carbocycles. The molecule has 1 N–H and O–H groups in total. The van der Waals surface area contributed by atoms with Crippen molar-refractivity contribution in [2.24, 2.45) is 21.7 Å². The monoisotopic (exact) mass is 941 g/mol. The number of aromatic nitrogens is 1. The van der Waals surface area contributed by atoms with Gasteiger partial charge in [-0.25, -0.2) is 0 Å².